The minimum Gasteiger partial charge on any atom is -0.444 e. The number of nitrogens with zero attached hydrogens (tertiary/aromatic N) is 2. The Hall–Kier alpha value is -1.43. The van der Waals surface area contributed by atoms with Gasteiger partial charge in [-0.25, -0.2) is 9.78 Å². The molecule has 2 heterocycles. The van der Waals surface area contributed by atoms with E-state index in [9.17, 15) is 9.00 Å². The van der Waals surface area contributed by atoms with Gasteiger partial charge in [-0.15, -0.1) is 0 Å². The normalized spacial score (nSPS) is 20.0. The predicted octanol–water partition coefficient (Wildman–Crippen LogP) is 2.75. The fraction of sp³-hybridized carbons (Fsp3) is 0.625. The molecule has 22 heavy (non-hydrogen) atoms. The zero-order valence-electron chi connectivity index (χ0n) is 13.7. The van der Waals surface area contributed by atoms with E-state index in [-0.39, 0.29) is 12.0 Å². The summed E-state index contributed by atoms with van der Waals surface area (Å²) in [6, 6.07) is 3.73. The Morgan fingerprint density at radius 2 is 2.18 bits per heavy atom. The maximum absolute atomic E-state index is 12.3. The molecule has 0 N–H and O–H groups in total. The van der Waals surface area contributed by atoms with Crippen LogP contribution in [0.1, 0.15) is 32.8 Å². The minimum absolute atomic E-state index is 0.233. The van der Waals surface area contributed by atoms with Crippen LogP contribution in [0.3, 0.4) is 0 Å². The summed E-state index contributed by atoms with van der Waals surface area (Å²) in [5, 5.41) is 0.612. The summed E-state index contributed by atoms with van der Waals surface area (Å²) in [5.41, 5.74) is 0.571. The Morgan fingerprint density at radius 3 is 2.77 bits per heavy atom. The van der Waals surface area contributed by atoms with Crippen LogP contribution in [-0.2, 0) is 15.5 Å². The van der Waals surface area contributed by atoms with Crippen LogP contribution in [0.2, 0.25) is 0 Å². The smallest absolute Gasteiger partial charge is 0.410 e. The lowest BCUT2D eigenvalue weighted by Gasteiger charge is -2.24. The molecule has 122 valence electrons. The molecule has 0 spiro atoms. The highest BCUT2D eigenvalue weighted by Crippen LogP contribution is 2.21. The maximum Gasteiger partial charge on any atom is 0.410 e. The third kappa shape index (κ3) is 4.80. The zero-order chi connectivity index (χ0) is 16.3. The first kappa shape index (κ1) is 16.9. The van der Waals surface area contributed by atoms with E-state index in [1.54, 1.807) is 11.1 Å². The number of ether oxygens (including phenoxy) is 1. The molecule has 0 aromatic carbocycles. The van der Waals surface area contributed by atoms with E-state index in [1.165, 1.54) is 0 Å². The summed E-state index contributed by atoms with van der Waals surface area (Å²) in [4.78, 5) is 17.9. The van der Waals surface area contributed by atoms with Crippen LogP contribution in [0, 0.1) is 12.8 Å². The number of carbonyl (C=O) groups is 1. The van der Waals surface area contributed by atoms with Crippen molar-refractivity contribution < 1.29 is 13.7 Å². The van der Waals surface area contributed by atoms with E-state index in [4.69, 9.17) is 4.74 Å². The highest BCUT2D eigenvalue weighted by Gasteiger charge is 2.30. The van der Waals surface area contributed by atoms with Crippen LogP contribution in [0.4, 0.5) is 4.79 Å². The number of pyridine rings is 1. The number of carbonyl (C=O) groups excluding carboxylic acids is 1. The molecule has 1 amide bonds. The SMILES string of the molecule is Cc1ccc([S@@](=O)C[C@@H]2CCN(C(=O)OC(C)(C)C)C2)nc1. The fourth-order valence-corrected chi connectivity index (χ4v) is 3.61. The van der Waals surface area contributed by atoms with Gasteiger partial charge in [-0.1, -0.05) is 6.07 Å². The standard InChI is InChI=1S/C16H24N2O3S/c1-12-5-6-14(17-9-12)22(20)11-13-7-8-18(10-13)15(19)21-16(2,3)4/h5-6,9,13H,7-8,10-11H2,1-4H3/t13-,22+/m1/s1. The van der Waals surface area contributed by atoms with E-state index in [1.807, 2.05) is 39.8 Å². The molecule has 1 aromatic heterocycles. The number of rotatable bonds is 3. The summed E-state index contributed by atoms with van der Waals surface area (Å²) in [5.74, 6) is 0.770. The first-order chi connectivity index (χ1) is 10.2. The number of hydrogen-bond acceptors (Lipinski definition) is 4. The molecule has 1 aromatic rings. The van der Waals surface area contributed by atoms with Crippen LogP contribution in [0.15, 0.2) is 23.4 Å². The van der Waals surface area contributed by atoms with Crippen molar-refractivity contribution in [3.05, 3.63) is 23.9 Å². The Bertz CT molecular complexity index is 552. The van der Waals surface area contributed by atoms with Crippen LogP contribution in [0.5, 0.6) is 0 Å². The molecule has 0 aliphatic carbocycles. The molecule has 2 atom stereocenters. The fourth-order valence-electron chi connectivity index (χ4n) is 2.35. The molecular weight excluding hydrogens is 300 g/mol. The number of aryl methyl sites for hydroxylation is 1. The van der Waals surface area contributed by atoms with Crippen molar-refractivity contribution in [2.24, 2.45) is 5.92 Å². The molecule has 0 saturated carbocycles. The summed E-state index contributed by atoms with van der Waals surface area (Å²) in [6.07, 6.45) is 2.31. The topological polar surface area (TPSA) is 59.5 Å². The lowest BCUT2D eigenvalue weighted by Crippen LogP contribution is -2.35. The first-order valence-corrected chi connectivity index (χ1v) is 8.85. The average Bonchev–Trinajstić information content (AvgIpc) is 2.86. The van der Waals surface area contributed by atoms with Gasteiger partial charge in [0, 0.05) is 25.0 Å². The summed E-state index contributed by atoms with van der Waals surface area (Å²) >= 11 is 0. The maximum atomic E-state index is 12.3. The number of hydrogen-bond donors (Lipinski definition) is 0. The predicted molar refractivity (Wildman–Crippen MR) is 86.2 cm³/mol. The number of amides is 1. The van der Waals surface area contributed by atoms with Crippen LogP contribution >= 0.6 is 0 Å². The van der Waals surface area contributed by atoms with Gasteiger partial charge in [-0.05, 0) is 51.7 Å². The quantitative estimate of drug-likeness (QED) is 0.858. The van der Waals surface area contributed by atoms with Gasteiger partial charge in [0.2, 0.25) is 0 Å². The van der Waals surface area contributed by atoms with Gasteiger partial charge >= 0.3 is 6.09 Å². The van der Waals surface area contributed by atoms with Gasteiger partial charge < -0.3 is 9.64 Å². The second-order valence-corrected chi connectivity index (χ2v) is 8.21. The molecule has 1 aliphatic rings. The van der Waals surface area contributed by atoms with Crippen molar-refractivity contribution in [1.29, 1.82) is 0 Å². The van der Waals surface area contributed by atoms with Gasteiger partial charge in [0.25, 0.3) is 0 Å². The molecule has 0 radical (unpaired) electrons. The van der Waals surface area contributed by atoms with Crippen LogP contribution in [-0.4, -0.2) is 44.6 Å². The minimum atomic E-state index is -1.12. The monoisotopic (exact) mass is 324 g/mol. The first-order valence-electron chi connectivity index (χ1n) is 7.53. The zero-order valence-corrected chi connectivity index (χ0v) is 14.5. The Morgan fingerprint density at radius 1 is 1.45 bits per heavy atom. The third-order valence-corrected chi connectivity index (χ3v) is 4.92. The molecule has 2 rings (SSSR count). The van der Waals surface area contributed by atoms with Crippen LogP contribution in [0.25, 0.3) is 0 Å². The van der Waals surface area contributed by atoms with Crippen molar-refractivity contribution in [1.82, 2.24) is 9.88 Å². The Kier molecular flexibility index (Phi) is 5.21. The molecule has 1 aliphatic heterocycles. The van der Waals surface area contributed by atoms with Gasteiger partial charge in [-0.2, -0.15) is 0 Å². The average molecular weight is 324 g/mol. The van der Waals surface area contributed by atoms with E-state index in [0.29, 0.717) is 23.9 Å². The van der Waals surface area contributed by atoms with Crippen molar-refractivity contribution in [3.63, 3.8) is 0 Å². The van der Waals surface area contributed by atoms with Gasteiger partial charge in [-0.3, -0.25) is 4.21 Å². The van der Waals surface area contributed by atoms with E-state index in [0.717, 1.165) is 12.0 Å². The Balaban J connectivity index is 1.87. The van der Waals surface area contributed by atoms with Crippen molar-refractivity contribution in [3.8, 4) is 0 Å². The van der Waals surface area contributed by atoms with Crippen LogP contribution < -0.4 is 0 Å². The van der Waals surface area contributed by atoms with Gasteiger partial charge in [0.15, 0.2) is 0 Å². The Labute approximate surface area is 134 Å². The second kappa shape index (κ2) is 6.77. The van der Waals surface area contributed by atoms with Crippen molar-refractivity contribution >= 4 is 16.9 Å². The number of aromatic nitrogens is 1. The molecular formula is C16H24N2O3S. The largest absolute Gasteiger partial charge is 0.444 e. The molecule has 1 saturated heterocycles. The van der Waals surface area contributed by atoms with Crippen molar-refractivity contribution in [2.75, 3.05) is 18.8 Å². The van der Waals surface area contributed by atoms with Crippen molar-refractivity contribution in [2.45, 2.75) is 44.7 Å². The second-order valence-electron chi connectivity index (χ2n) is 6.77. The highest BCUT2D eigenvalue weighted by molar-refractivity contribution is 7.84. The molecule has 5 nitrogen and oxygen atoms in total. The lowest BCUT2D eigenvalue weighted by atomic mass is 10.2. The van der Waals surface area contributed by atoms with Gasteiger partial charge in [0.1, 0.15) is 10.6 Å². The molecule has 1 fully saturated rings. The summed E-state index contributed by atoms with van der Waals surface area (Å²) in [7, 11) is -1.12. The summed E-state index contributed by atoms with van der Waals surface area (Å²) < 4.78 is 17.7. The molecule has 6 heteroatoms. The third-order valence-electron chi connectivity index (χ3n) is 3.44. The number of likely N-dealkylation sites (tertiary alicyclic amines) is 1. The van der Waals surface area contributed by atoms with E-state index >= 15 is 0 Å². The highest BCUT2D eigenvalue weighted by atomic mass is 32.2. The van der Waals surface area contributed by atoms with Gasteiger partial charge in [0.05, 0.1) is 10.8 Å². The molecule has 0 bridgehead atoms. The lowest BCUT2D eigenvalue weighted by molar-refractivity contribution is 0.0289. The summed E-state index contributed by atoms with van der Waals surface area (Å²) in [6.45, 7) is 8.80. The molecule has 0 unspecified atom stereocenters. The van der Waals surface area contributed by atoms with E-state index < -0.39 is 16.4 Å². The van der Waals surface area contributed by atoms with E-state index in [2.05, 4.69) is 4.98 Å².